The van der Waals surface area contributed by atoms with Crippen LogP contribution in [0.3, 0.4) is 0 Å². The molecule has 0 saturated carbocycles. The van der Waals surface area contributed by atoms with E-state index in [1.807, 2.05) is 24.3 Å². The molecule has 0 aromatic heterocycles. The zero-order valence-electron chi connectivity index (χ0n) is 18.9. The molecule has 3 aromatic carbocycles. The van der Waals surface area contributed by atoms with Gasteiger partial charge in [0.2, 0.25) is 10.0 Å². The van der Waals surface area contributed by atoms with Crippen molar-refractivity contribution >= 4 is 44.8 Å². The highest BCUT2D eigenvalue weighted by molar-refractivity contribution is 7.89. The predicted octanol–water partition coefficient (Wildman–Crippen LogP) is 5.96. The molecule has 0 spiro atoms. The summed E-state index contributed by atoms with van der Waals surface area (Å²) >= 11 is 18.3. The summed E-state index contributed by atoms with van der Waals surface area (Å²) in [6.45, 7) is 3.79. The van der Waals surface area contributed by atoms with Gasteiger partial charge in [0.25, 0.3) is 0 Å². The molecule has 1 saturated heterocycles. The summed E-state index contributed by atoms with van der Waals surface area (Å²) in [6.07, 6.45) is 0. The number of halogens is 3. The summed E-state index contributed by atoms with van der Waals surface area (Å²) in [5, 5.41) is 1.05. The molecule has 6 nitrogen and oxygen atoms in total. The van der Waals surface area contributed by atoms with E-state index in [0.717, 1.165) is 18.7 Å². The predicted molar refractivity (Wildman–Crippen MR) is 139 cm³/mol. The van der Waals surface area contributed by atoms with Gasteiger partial charge in [-0.15, -0.1) is 0 Å². The maximum absolute atomic E-state index is 13.7. The van der Waals surface area contributed by atoms with Gasteiger partial charge in [-0.05, 0) is 60.2 Å². The van der Waals surface area contributed by atoms with Crippen LogP contribution >= 0.6 is 34.8 Å². The van der Waals surface area contributed by atoms with Crippen molar-refractivity contribution < 1.29 is 17.9 Å². The van der Waals surface area contributed by atoms with E-state index >= 15 is 0 Å². The van der Waals surface area contributed by atoms with E-state index in [9.17, 15) is 8.42 Å². The molecule has 1 fully saturated rings. The molecule has 0 amide bonds. The molecule has 0 bridgehead atoms. The third-order valence-electron chi connectivity index (χ3n) is 5.59. The third-order valence-corrected chi connectivity index (χ3v) is 8.40. The van der Waals surface area contributed by atoms with Crippen LogP contribution in [0.1, 0.15) is 5.56 Å². The number of benzene rings is 3. The second-order valence-corrected chi connectivity index (χ2v) is 11.3. The monoisotopic (exact) mass is 554 g/mol. The Kier molecular flexibility index (Phi) is 8.94. The molecule has 1 aliphatic rings. The molecule has 0 atom stereocenters. The quantitative estimate of drug-likeness (QED) is 0.326. The lowest BCUT2D eigenvalue weighted by Gasteiger charge is -2.30. The topological polar surface area (TPSA) is 59.1 Å². The molecule has 0 radical (unpaired) electrons. The SMILES string of the molecule is O=S(=O)(c1cc(Cl)ccc1Cl)N(CCN1CCOCC1)Cc1cccc(Oc2ccc(Cl)cc2)c1. The van der Waals surface area contributed by atoms with Crippen molar-refractivity contribution in [3.63, 3.8) is 0 Å². The first-order chi connectivity index (χ1) is 16.8. The number of sulfonamides is 1. The molecule has 1 heterocycles. The van der Waals surface area contributed by atoms with E-state index in [1.54, 1.807) is 30.3 Å². The lowest BCUT2D eigenvalue weighted by atomic mass is 10.2. The van der Waals surface area contributed by atoms with E-state index in [2.05, 4.69) is 4.90 Å². The van der Waals surface area contributed by atoms with Crippen LogP contribution in [0.2, 0.25) is 15.1 Å². The molecule has 186 valence electrons. The highest BCUT2D eigenvalue weighted by Crippen LogP contribution is 2.30. The summed E-state index contributed by atoms with van der Waals surface area (Å²) in [5.41, 5.74) is 0.778. The average molecular weight is 556 g/mol. The molecular weight excluding hydrogens is 531 g/mol. The fourth-order valence-electron chi connectivity index (χ4n) is 3.73. The van der Waals surface area contributed by atoms with Crippen LogP contribution in [0.4, 0.5) is 0 Å². The molecule has 0 unspecified atom stereocenters. The Morgan fingerprint density at radius 3 is 2.34 bits per heavy atom. The molecular formula is C25H25Cl3N2O4S. The van der Waals surface area contributed by atoms with E-state index < -0.39 is 10.0 Å². The van der Waals surface area contributed by atoms with Gasteiger partial charge in [-0.2, -0.15) is 4.31 Å². The van der Waals surface area contributed by atoms with Crippen LogP contribution in [0, 0.1) is 0 Å². The largest absolute Gasteiger partial charge is 0.457 e. The van der Waals surface area contributed by atoms with Gasteiger partial charge in [0, 0.05) is 42.8 Å². The van der Waals surface area contributed by atoms with E-state index in [-0.39, 0.29) is 23.0 Å². The molecule has 4 rings (SSSR count). The minimum atomic E-state index is -3.93. The summed E-state index contributed by atoms with van der Waals surface area (Å²) in [5.74, 6) is 1.23. The van der Waals surface area contributed by atoms with E-state index in [1.165, 1.54) is 16.4 Å². The fraction of sp³-hybridized carbons (Fsp3) is 0.280. The van der Waals surface area contributed by atoms with Gasteiger partial charge in [0.1, 0.15) is 16.4 Å². The minimum Gasteiger partial charge on any atom is -0.457 e. The van der Waals surface area contributed by atoms with Crippen LogP contribution in [0.5, 0.6) is 11.5 Å². The van der Waals surface area contributed by atoms with E-state index in [0.29, 0.717) is 41.3 Å². The number of morpholine rings is 1. The van der Waals surface area contributed by atoms with Crippen LogP contribution in [0.15, 0.2) is 71.6 Å². The first-order valence-electron chi connectivity index (χ1n) is 11.1. The lowest BCUT2D eigenvalue weighted by Crippen LogP contribution is -2.42. The Hall–Kier alpha value is -1.84. The standard InChI is InChI=1S/C25H25Cl3N2O4S/c26-20-4-7-22(8-5-20)34-23-3-1-2-19(16-23)18-30(11-10-29-12-14-33-15-13-29)35(31,32)25-17-21(27)6-9-24(25)28/h1-9,16-17H,10-15,18H2. The van der Waals surface area contributed by atoms with Crippen molar-refractivity contribution in [3.8, 4) is 11.5 Å². The maximum atomic E-state index is 13.7. The second-order valence-electron chi connectivity index (χ2n) is 8.07. The normalized spacial score (nSPS) is 14.9. The summed E-state index contributed by atoms with van der Waals surface area (Å²) in [7, 11) is -3.93. The zero-order chi connectivity index (χ0) is 24.8. The highest BCUT2D eigenvalue weighted by atomic mass is 35.5. The Morgan fingerprint density at radius 2 is 1.60 bits per heavy atom. The van der Waals surface area contributed by atoms with Gasteiger partial charge < -0.3 is 9.47 Å². The molecule has 0 N–H and O–H groups in total. The number of hydrogen-bond donors (Lipinski definition) is 0. The molecule has 0 aliphatic carbocycles. The lowest BCUT2D eigenvalue weighted by molar-refractivity contribution is 0.0361. The Morgan fingerprint density at radius 1 is 0.886 bits per heavy atom. The van der Waals surface area contributed by atoms with Gasteiger partial charge >= 0.3 is 0 Å². The summed E-state index contributed by atoms with van der Waals surface area (Å²) < 4.78 is 40.1. The average Bonchev–Trinajstić information content (AvgIpc) is 2.85. The number of hydrogen-bond acceptors (Lipinski definition) is 5. The van der Waals surface area contributed by atoms with Crippen molar-refractivity contribution in [2.45, 2.75) is 11.4 Å². The second kappa shape index (κ2) is 11.9. The molecule has 1 aliphatic heterocycles. The van der Waals surface area contributed by atoms with Crippen molar-refractivity contribution in [2.24, 2.45) is 0 Å². The first-order valence-corrected chi connectivity index (χ1v) is 13.7. The maximum Gasteiger partial charge on any atom is 0.244 e. The Bertz CT molecular complexity index is 1250. The van der Waals surface area contributed by atoms with Crippen molar-refractivity contribution in [1.82, 2.24) is 9.21 Å². The summed E-state index contributed by atoms with van der Waals surface area (Å²) in [4.78, 5) is 2.17. The smallest absolute Gasteiger partial charge is 0.244 e. The first kappa shape index (κ1) is 26.2. The van der Waals surface area contributed by atoms with Crippen LogP contribution in [-0.4, -0.2) is 57.0 Å². The van der Waals surface area contributed by atoms with Gasteiger partial charge in [-0.1, -0.05) is 46.9 Å². The summed E-state index contributed by atoms with van der Waals surface area (Å²) in [6, 6.07) is 18.8. The van der Waals surface area contributed by atoms with Gasteiger partial charge in [-0.25, -0.2) is 8.42 Å². The van der Waals surface area contributed by atoms with Gasteiger partial charge in [-0.3, -0.25) is 4.90 Å². The molecule has 35 heavy (non-hydrogen) atoms. The number of ether oxygens (including phenoxy) is 2. The highest BCUT2D eigenvalue weighted by Gasteiger charge is 2.28. The van der Waals surface area contributed by atoms with Crippen LogP contribution in [0.25, 0.3) is 0 Å². The minimum absolute atomic E-state index is 0.0118. The number of rotatable bonds is 9. The fourth-order valence-corrected chi connectivity index (χ4v) is 6.01. The van der Waals surface area contributed by atoms with Crippen LogP contribution < -0.4 is 4.74 Å². The van der Waals surface area contributed by atoms with Crippen molar-refractivity contribution in [1.29, 1.82) is 0 Å². The molecule has 3 aromatic rings. The van der Waals surface area contributed by atoms with E-state index in [4.69, 9.17) is 44.3 Å². The van der Waals surface area contributed by atoms with Gasteiger partial charge in [0.05, 0.1) is 18.2 Å². The van der Waals surface area contributed by atoms with Crippen LogP contribution in [-0.2, 0) is 21.3 Å². The third kappa shape index (κ3) is 7.11. The number of nitrogens with zero attached hydrogens (tertiary/aromatic N) is 2. The van der Waals surface area contributed by atoms with Gasteiger partial charge in [0.15, 0.2) is 0 Å². The van der Waals surface area contributed by atoms with Crippen molar-refractivity contribution in [2.75, 3.05) is 39.4 Å². The van der Waals surface area contributed by atoms with Crippen molar-refractivity contribution in [3.05, 3.63) is 87.4 Å². The zero-order valence-corrected chi connectivity index (χ0v) is 22.0. The molecule has 10 heteroatoms. The Balaban J connectivity index is 1.58. The Labute approximate surface area is 221 Å².